The fourth-order valence-corrected chi connectivity index (χ4v) is 4.33. The van der Waals surface area contributed by atoms with Crippen molar-refractivity contribution in [2.45, 2.75) is 25.7 Å². The second kappa shape index (κ2) is 8.09. The van der Waals surface area contributed by atoms with Gasteiger partial charge in [-0.3, -0.25) is 0 Å². The predicted octanol–water partition coefficient (Wildman–Crippen LogP) is 4.83. The number of aromatic nitrogens is 1. The minimum atomic E-state index is 0.741. The van der Waals surface area contributed by atoms with Gasteiger partial charge in [0, 0.05) is 6.54 Å². The maximum Gasteiger partial charge on any atom is 0.274 e. The third kappa shape index (κ3) is 4.31. The van der Waals surface area contributed by atoms with E-state index >= 15 is 0 Å². The number of rotatable bonds is 6. The van der Waals surface area contributed by atoms with Gasteiger partial charge < -0.3 is 9.64 Å². The summed E-state index contributed by atoms with van der Waals surface area (Å²) in [5, 5.41) is 0.754. The Labute approximate surface area is 144 Å². The third-order valence-corrected chi connectivity index (χ3v) is 5.75. The van der Waals surface area contributed by atoms with Crippen molar-refractivity contribution in [3.8, 4) is 15.6 Å². The molecule has 3 nitrogen and oxygen atoms in total. The quantitative estimate of drug-likeness (QED) is 0.671. The van der Waals surface area contributed by atoms with Crippen LogP contribution in [0, 0.1) is 0 Å². The molecule has 2 heterocycles. The molecule has 22 heavy (non-hydrogen) atoms. The van der Waals surface area contributed by atoms with Gasteiger partial charge in [-0.05, 0) is 53.8 Å². The van der Waals surface area contributed by atoms with Crippen LogP contribution in [-0.2, 0) is 0 Å². The number of nitrogens with zero attached hydrogens (tertiary/aromatic N) is 2. The number of thiazole rings is 1. The maximum atomic E-state index is 5.83. The zero-order chi connectivity index (χ0) is 15.2. The largest absolute Gasteiger partial charge is 0.470 e. The molecule has 0 unspecified atom stereocenters. The summed E-state index contributed by atoms with van der Waals surface area (Å²) >= 11 is 5.14. The highest BCUT2D eigenvalue weighted by atomic mass is 79.9. The number of benzene rings is 1. The van der Waals surface area contributed by atoms with Gasteiger partial charge in [0.05, 0.1) is 11.5 Å². The molecule has 0 radical (unpaired) electrons. The van der Waals surface area contributed by atoms with E-state index in [2.05, 4.69) is 37.9 Å². The van der Waals surface area contributed by atoms with E-state index in [-0.39, 0.29) is 0 Å². The molecule has 1 saturated heterocycles. The van der Waals surface area contributed by atoms with E-state index in [1.807, 2.05) is 18.2 Å². The van der Waals surface area contributed by atoms with Gasteiger partial charge in [0.15, 0.2) is 0 Å². The van der Waals surface area contributed by atoms with Crippen LogP contribution in [-0.4, -0.2) is 36.1 Å². The van der Waals surface area contributed by atoms with Crippen molar-refractivity contribution in [1.82, 2.24) is 9.88 Å². The van der Waals surface area contributed by atoms with Crippen LogP contribution >= 0.6 is 27.3 Å². The Bertz CT molecular complexity index is 582. The van der Waals surface area contributed by atoms with Gasteiger partial charge in [0.25, 0.3) is 5.19 Å². The van der Waals surface area contributed by atoms with E-state index in [9.17, 15) is 0 Å². The zero-order valence-electron chi connectivity index (χ0n) is 12.6. The minimum absolute atomic E-state index is 0.741. The SMILES string of the molecule is Brc1nc(OCCCN2CCCCC2)sc1-c1ccccc1. The lowest BCUT2D eigenvalue weighted by Gasteiger charge is -2.26. The average molecular weight is 381 g/mol. The molecule has 1 aliphatic rings. The Hall–Kier alpha value is -0.910. The second-order valence-electron chi connectivity index (χ2n) is 5.57. The summed E-state index contributed by atoms with van der Waals surface area (Å²) in [5.41, 5.74) is 1.18. The van der Waals surface area contributed by atoms with Crippen LogP contribution in [0.4, 0.5) is 0 Å². The van der Waals surface area contributed by atoms with Crippen LogP contribution in [0.15, 0.2) is 34.9 Å². The van der Waals surface area contributed by atoms with Crippen molar-refractivity contribution in [1.29, 1.82) is 0 Å². The molecule has 5 heteroatoms. The van der Waals surface area contributed by atoms with Crippen molar-refractivity contribution >= 4 is 27.3 Å². The van der Waals surface area contributed by atoms with E-state index in [1.165, 1.54) is 37.9 Å². The van der Waals surface area contributed by atoms with Crippen LogP contribution in [0.25, 0.3) is 10.4 Å². The molecule has 0 amide bonds. The van der Waals surface area contributed by atoms with Crippen LogP contribution in [0.2, 0.25) is 0 Å². The van der Waals surface area contributed by atoms with Crippen molar-refractivity contribution in [2.75, 3.05) is 26.2 Å². The summed E-state index contributed by atoms with van der Waals surface area (Å²) in [6, 6.07) is 10.3. The fourth-order valence-electron chi connectivity index (χ4n) is 2.74. The first kappa shape index (κ1) is 16.0. The van der Waals surface area contributed by atoms with Crippen LogP contribution in [0.5, 0.6) is 5.19 Å². The molecule has 0 atom stereocenters. The molecule has 0 aliphatic carbocycles. The summed E-state index contributed by atoms with van der Waals surface area (Å²) in [6.07, 6.45) is 5.15. The van der Waals surface area contributed by atoms with Crippen molar-refractivity contribution in [3.05, 3.63) is 34.9 Å². The molecule has 0 bridgehead atoms. The molecule has 0 saturated carbocycles. The fraction of sp³-hybridized carbons (Fsp3) is 0.471. The molecule has 1 fully saturated rings. The molecule has 118 valence electrons. The number of hydrogen-bond acceptors (Lipinski definition) is 4. The highest BCUT2D eigenvalue weighted by Gasteiger charge is 2.12. The first-order valence-corrected chi connectivity index (χ1v) is 9.51. The summed E-state index contributed by atoms with van der Waals surface area (Å²) in [7, 11) is 0. The molecule has 0 spiro atoms. The summed E-state index contributed by atoms with van der Waals surface area (Å²) < 4.78 is 6.70. The predicted molar refractivity (Wildman–Crippen MR) is 95.7 cm³/mol. The van der Waals surface area contributed by atoms with Crippen molar-refractivity contribution in [3.63, 3.8) is 0 Å². The number of likely N-dealkylation sites (tertiary alicyclic amines) is 1. The van der Waals surface area contributed by atoms with Gasteiger partial charge >= 0.3 is 0 Å². The van der Waals surface area contributed by atoms with Gasteiger partial charge in [-0.25, -0.2) is 0 Å². The molecular formula is C17H21BrN2OS. The number of halogens is 1. The number of hydrogen-bond donors (Lipinski definition) is 0. The average Bonchev–Trinajstić information content (AvgIpc) is 2.94. The van der Waals surface area contributed by atoms with E-state index in [1.54, 1.807) is 11.3 Å². The first-order chi connectivity index (χ1) is 10.8. The normalized spacial score (nSPS) is 15.9. The highest BCUT2D eigenvalue weighted by molar-refractivity contribution is 9.10. The zero-order valence-corrected chi connectivity index (χ0v) is 15.0. The molecule has 2 aromatic rings. The minimum Gasteiger partial charge on any atom is -0.470 e. The first-order valence-electron chi connectivity index (χ1n) is 7.90. The Kier molecular flexibility index (Phi) is 5.87. The second-order valence-corrected chi connectivity index (χ2v) is 7.28. The van der Waals surface area contributed by atoms with Crippen LogP contribution < -0.4 is 4.74 Å². The summed E-state index contributed by atoms with van der Waals surface area (Å²) in [6.45, 7) is 4.38. The van der Waals surface area contributed by atoms with Gasteiger partial charge in [-0.15, -0.1) is 0 Å². The molecule has 3 rings (SSSR count). The maximum absolute atomic E-state index is 5.83. The van der Waals surface area contributed by atoms with Gasteiger partial charge in [0.2, 0.25) is 0 Å². The molecule has 0 N–H and O–H groups in total. The molecule has 1 aromatic heterocycles. The summed E-state index contributed by atoms with van der Waals surface area (Å²) in [5.74, 6) is 0. The Balaban J connectivity index is 1.49. The van der Waals surface area contributed by atoms with Crippen molar-refractivity contribution < 1.29 is 4.74 Å². The topological polar surface area (TPSA) is 25.4 Å². The third-order valence-electron chi connectivity index (χ3n) is 3.90. The highest BCUT2D eigenvalue weighted by Crippen LogP contribution is 2.37. The van der Waals surface area contributed by atoms with Gasteiger partial charge in [-0.2, -0.15) is 4.98 Å². The van der Waals surface area contributed by atoms with Crippen molar-refractivity contribution in [2.24, 2.45) is 0 Å². The van der Waals surface area contributed by atoms with E-state index < -0.39 is 0 Å². The lowest BCUT2D eigenvalue weighted by Crippen LogP contribution is -2.31. The Morgan fingerprint density at radius 3 is 2.68 bits per heavy atom. The van der Waals surface area contributed by atoms with Crippen LogP contribution in [0.1, 0.15) is 25.7 Å². The monoisotopic (exact) mass is 380 g/mol. The molecular weight excluding hydrogens is 360 g/mol. The van der Waals surface area contributed by atoms with E-state index in [4.69, 9.17) is 4.74 Å². The summed E-state index contributed by atoms with van der Waals surface area (Å²) in [4.78, 5) is 8.14. The lowest BCUT2D eigenvalue weighted by molar-refractivity contribution is 0.204. The lowest BCUT2D eigenvalue weighted by atomic mass is 10.1. The standard InChI is InChI=1S/C17H21BrN2OS/c18-16-15(14-8-3-1-4-9-14)22-17(19-16)21-13-7-12-20-10-5-2-6-11-20/h1,3-4,8-9H,2,5-7,10-13H2. The Morgan fingerprint density at radius 1 is 1.14 bits per heavy atom. The van der Waals surface area contributed by atoms with Crippen LogP contribution in [0.3, 0.4) is 0 Å². The van der Waals surface area contributed by atoms with E-state index in [0.717, 1.165) is 34.2 Å². The smallest absolute Gasteiger partial charge is 0.274 e. The Morgan fingerprint density at radius 2 is 1.91 bits per heavy atom. The molecule has 1 aliphatic heterocycles. The molecule has 1 aromatic carbocycles. The van der Waals surface area contributed by atoms with Gasteiger partial charge in [-0.1, -0.05) is 48.1 Å². The number of ether oxygens (including phenoxy) is 1. The number of piperidine rings is 1. The van der Waals surface area contributed by atoms with Gasteiger partial charge in [0.1, 0.15) is 4.60 Å². The van der Waals surface area contributed by atoms with E-state index in [0.29, 0.717) is 0 Å².